The van der Waals surface area contributed by atoms with E-state index in [9.17, 15) is 4.79 Å². The van der Waals surface area contributed by atoms with Crippen LogP contribution in [0.5, 0.6) is 0 Å². The molecular weight excluding hydrogens is 264 g/mol. The number of carbonyl (C=O) groups is 1. The van der Waals surface area contributed by atoms with Gasteiger partial charge >= 0.3 is 0 Å². The highest BCUT2D eigenvalue weighted by Crippen LogP contribution is 2.19. The molecule has 21 heavy (non-hydrogen) atoms. The van der Waals surface area contributed by atoms with E-state index in [0.717, 1.165) is 12.1 Å². The second kappa shape index (κ2) is 7.46. The predicted molar refractivity (Wildman–Crippen MR) is 87.8 cm³/mol. The SMILES string of the molecule is COC(C)(C)CC(C)Nc1cccc(C(=O)NC(C)C)c1. The fourth-order valence-corrected chi connectivity index (χ4v) is 2.25. The number of hydrogen-bond acceptors (Lipinski definition) is 3. The van der Waals surface area contributed by atoms with Gasteiger partial charge in [-0.25, -0.2) is 0 Å². The minimum absolute atomic E-state index is 0.0430. The second-order valence-electron chi connectivity index (χ2n) is 6.42. The summed E-state index contributed by atoms with van der Waals surface area (Å²) < 4.78 is 5.45. The fourth-order valence-electron chi connectivity index (χ4n) is 2.25. The zero-order valence-corrected chi connectivity index (χ0v) is 14.0. The first-order valence-electron chi connectivity index (χ1n) is 7.46. The maximum atomic E-state index is 12.0. The van der Waals surface area contributed by atoms with Gasteiger partial charge in [0.1, 0.15) is 0 Å². The molecule has 0 aliphatic carbocycles. The molecule has 1 aromatic carbocycles. The summed E-state index contributed by atoms with van der Waals surface area (Å²) in [6, 6.07) is 7.97. The number of rotatable bonds is 7. The molecule has 0 saturated carbocycles. The van der Waals surface area contributed by atoms with E-state index in [0.29, 0.717) is 5.56 Å². The molecule has 1 unspecified atom stereocenters. The van der Waals surface area contributed by atoms with E-state index < -0.39 is 0 Å². The van der Waals surface area contributed by atoms with E-state index in [1.54, 1.807) is 7.11 Å². The van der Waals surface area contributed by atoms with Gasteiger partial charge in [-0.2, -0.15) is 0 Å². The molecule has 0 heterocycles. The van der Waals surface area contributed by atoms with Crippen LogP contribution in [0, 0.1) is 0 Å². The minimum atomic E-state index is -0.168. The third-order valence-electron chi connectivity index (χ3n) is 3.31. The van der Waals surface area contributed by atoms with Crippen molar-refractivity contribution in [1.29, 1.82) is 0 Å². The molecule has 0 fully saturated rings. The summed E-state index contributed by atoms with van der Waals surface area (Å²) in [5.41, 5.74) is 1.46. The van der Waals surface area contributed by atoms with Crippen molar-refractivity contribution in [2.45, 2.75) is 58.7 Å². The molecule has 0 aliphatic heterocycles. The summed E-state index contributed by atoms with van der Waals surface area (Å²) in [7, 11) is 1.73. The number of anilines is 1. The molecule has 0 aromatic heterocycles. The topological polar surface area (TPSA) is 50.4 Å². The molecule has 0 radical (unpaired) electrons. The highest BCUT2D eigenvalue weighted by atomic mass is 16.5. The van der Waals surface area contributed by atoms with Gasteiger partial charge in [0.05, 0.1) is 5.60 Å². The Morgan fingerprint density at radius 1 is 1.29 bits per heavy atom. The molecule has 1 aromatic rings. The second-order valence-corrected chi connectivity index (χ2v) is 6.42. The van der Waals surface area contributed by atoms with Crippen LogP contribution in [0.3, 0.4) is 0 Å². The normalized spacial score (nSPS) is 13.1. The Kier molecular flexibility index (Phi) is 6.21. The third kappa shape index (κ3) is 6.17. The summed E-state index contributed by atoms with van der Waals surface area (Å²) in [4.78, 5) is 12.0. The Morgan fingerprint density at radius 3 is 2.52 bits per heavy atom. The van der Waals surface area contributed by atoms with E-state index in [1.165, 1.54) is 0 Å². The molecule has 118 valence electrons. The van der Waals surface area contributed by atoms with Crippen molar-refractivity contribution >= 4 is 11.6 Å². The molecule has 0 aliphatic rings. The molecule has 1 amide bonds. The van der Waals surface area contributed by atoms with Crippen LogP contribution in [-0.2, 0) is 4.74 Å². The van der Waals surface area contributed by atoms with Gasteiger partial charge in [-0.1, -0.05) is 6.07 Å². The Labute approximate surface area is 128 Å². The number of methoxy groups -OCH3 is 1. The van der Waals surface area contributed by atoms with Gasteiger partial charge in [-0.3, -0.25) is 4.79 Å². The number of carbonyl (C=O) groups excluding carboxylic acids is 1. The van der Waals surface area contributed by atoms with Crippen molar-refractivity contribution in [3.05, 3.63) is 29.8 Å². The lowest BCUT2D eigenvalue weighted by Gasteiger charge is -2.27. The fraction of sp³-hybridized carbons (Fsp3) is 0.588. The maximum Gasteiger partial charge on any atom is 0.251 e. The van der Waals surface area contributed by atoms with Crippen molar-refractivity contribution in [2.24, 2.45) is 0 Å². The van der Waals surface area contributed by atoms with Crippen molar-refractivity contribution in [1.82, 2.24) is 5.32 Å². The Morgan fingerprint density at radius 2 is 1.95 bits per heavy atom. The van der Waals surface area contributed by atoms with Crippen LogP contribution in [0.2, 0.25) is 0 Å². The maximum absolute atomic E-state index is 12.0. The first kappa shape index (κ1) is 17.5. The summed E-state index contributed by atoms with van der Waals surface area (Å²) in [6.45, 7) is 10.2. The van der Waals surface area contributed by atoms with Gasteiger partial charge in [0.15, 0.2) is 0 Å². The average molecular weight is 292 g/mol. The molecule has 0 bridgehead atoms. The summed E-state index contributed by atoms with van der Waals surface area (Å²) in [5.74, 6) is -0.0430. The highest BCUT2D eigenvalue weighted by Gasteiger charge is 2.20. The molecule has 4 nitrogen and oxygen atoms in total. The molecule has 1 rings (SSSR count). The zero-order valence-electron chi connectivity index (χ0n) is 14.0. The number of amides is 1. The van der Waals surface area contributed by atoms with Gasteiger partial charge < -0.3 is 15.4 Å². The Hall–Kier alpha value is -1.55. The standard InChI is InChI=1S/C17H28N2O2/c1-12(2)18-16(20)14-8-7-9-15(10-14)19-13(3)11-17(4,5)21-6/h7-10,12-13,19H,11H2,1-6H3,(H,18,20). The zero-order chi connectivity index (χ0) is 16.0. The molecule has 2 N–H and O–H groups in total. The monoisotopic (exact) mass is 292 g/mol. The highest BCUT2D eigenvalue weighted by molar-refractivity contribution is 5.95. The first-order valence-corrected chi connectivity index (χ1v) is 7.46. The van der Waals surface area contributed by atoms with Crippen LogP contribution in [0.4, 0.5) is 5.69 Å². The molecule has 0 saturated heterocycles. The lowest BCUT2D eigenvalue weighted by atomic mass is 9.99. The quantitative estimate of drug-likeness (QED) is 0.809. The van der Waals surface area contributed by atoms with Crippen LogP contribution in [0.1, 0.15) is 51.4 Å². The summed E-state index contributed by atoms with van der Waals surface area (Å²) in [6.07, 6.45) is 0.881. The van der Waals surface area contributed by atoms with Crippen molar-refractivity contribution < 1.29 is 9.53 Å². The van der Waals surface area contributed by atoms with Crippen LogP contribution < -0.4 is 10.6 Å². The van der Waals surface area contributed by atoms with E-state index in [4.69, 9.17) is 4.74 Å². The van der Waals surface area contributed by atoms with Crippen LogP contribution >= 0.6 is 0 Å². The summed E-state index contributed by atoms with van der Waals surface area (Å²) >= 11 is 0. The average Bonchev–Trinajstić information content (AvgIpc) is 2.37. The Bertz CT molecular complexity index is 470. The smallest absolute Gasteiger partial charge is 0.251 e. The number of ether oxygens (including phenoxy) is 1. The van der Waals surface area contributed by atoms with Gasteiger partial charge in [0.25, 0.3) is 5.91 Å². The van der Waals surface area contributed by atoms with Crippen LogP contribution in [0.25, 0.3) is 0 Å². The Balaban J connectivity index is 2.70. The molecule has 0 spiro atoms. The van der Waals surface area contributed by atoms with Gasteiger partial charge in [-0.15, -0.1) is 0 Å². The summed E-state index contributed by atoms with van der Waals surface area (Å²) in [5, 5.41) is 6.32. The van der Waals surface area contributed by atoms with Crippen molar-refractivity contribution in [2.75, 3.05) is 12.4 Å². The number of benzene rings is 1. The number of nitrogens with one attached hydrogen (secondary N) is 2. The largest absolute Gasteiger partial charge is 0.382 e. The van der Waals surface area contributed by atoms with Gasteiger partial charge in [-0.05, 0) is 59.2 Å². The predicted octanol–water partition coefficient (Wildman–Crippen LogP) is 3.44. The lowest BCUT2D eigenvalue weighted by Crippen LogP contribution is -2.31. The van der Waals surface area contributed by atoms with E-state index in [2.05, 4.69) is 31.4 Å². The molecule has 1 atom stereocenters. The van der Waals surface area contributed by atoms with Crippen LogP contribution in [0.15, 0.2) is 24.3 Å². The van der Waals surface area contributed by atoms with Crippen molar-refractivity contribution in [3.63, 3.8) is 0 Å². The first-order chi connectivity index (χ1) is 9.73. The van der Waals surface area contributed by atoms with Gasteiger partial charge in [0, 0.05) is 30.4 Å². The molecular formula is C17H28N2O2. The van der Waals surface area contributed by atoms with Gasteiger partial charge in [0.2, 0.25) is 0 Å². The lowest BCUT2D eigenvalue weighted by molar-refractivity contribution is 0.0128. The third-order valence-corrected chi connectivity index (χ3v) is 3.31. The number of hydrogen-bond donors (Lipinski definition) is 2. The van der Waals surface area contributed by atoms with E-state index in [-0.39, 0.29) is 23.6 Å². The molecule has 4 heteroatoms. The van der Waals surface area contributed by atoms with Crippen molar-refractivity contribution in [3.8, 4) is 0 Å². The minimum Gasteiger partial charge on any atom is -0.382 e. The van der Waals surface area contributed by atoms with E-state index in [1.807, 2.05) is 38.1 Å². The van der Waals surface area contributed by atoms with E-state index >= 15 is 0 Å². The van der Waals surface area contributed by atoms with Crippen LogP contribution in [-0.4, -0.2) is 30.7 Å².